The molecule has 0 saturated heterocycles. The highest BCUT2D eigenvalue weighted by Gasteiger charge is 2.03. The summed E-state index contributed by atoms with van der Waals surface area (Å²) in [6.45, 7) is 0. The zero-order valence-corrected chi connectivity index (χ0v) is 14.9. The van der Waals surface area contributed by atoms with Crippen molar-refractivity contribution in [2.75, 3.05) is 0 Å². The van der Waals surface area contributed by atoms with Gasteiger partial charge in [-0.15, -0.1) is 0 Å². The fraction of sp³-hybridized carbons (Fsp3) is 0. The third-order valence-corrected chi connectivity index (χ3v) is 4.63. The number of hydrogen-bond acceptors (Lipinski definition) is 2. The second-order valence-corrected chi connectivity index (χ2v) is 6.32. The summed E-state index contributed by atoms with van der Waals surface area (Å²) in [4.78, 5) is 0. The van der Waals surface area contributed by atoms with Crippen molar-refractivity contribution in [3.8, 4) is 39.1 Å². The lowest BCUT2D eigenvalue weighted by molar-refractivity contribution is 0.454. The van der Waals surface area contributed by atoms with E-state index in [-0.39, 0.29) is 7.69 Å². The molecule has 0 radical (unpaired) electrons. The monoisotopic (exact) mass is 350 g/mol. The molecule has 4 aromatic rings. The van der Waals surface area contributed by atoms with Gasteiger partial charge in [-0.1, -0.05) is 91.0 Å². The van der Waals surface area contributed by atoms with Gasteiger partial charge >= 0.3 is 7.69 Å². The fourth-order valence-corrected chi connectivity index (χ4v) is 3.16. The maximum Gasteiger partial charge on any atom is 0.504 e. The Kier molecular flexibility index (Phi) is 5.04. The number of hydrogen-bond donors (Lipinski definition) is 1. The van der Waals surface area contributed by atoms with E-state index >= 15 is 0 Å². The topological polar surface area (TPSA) is 29.5 Å². The lowest BCUT2D eigenvalue weighted by Gasteiger charge is -2.08. The maximum atomic E-state index is 8.80. The molecule has 130 valence electrons. The van der Waals surface area contributed by atoms with Crippen LogP contribution in [0.3, 0.4) is 0 Å². The Morgan fingerprint density at radius 2 is 0.778 bits per heavy atom. The molecule has 0 aromatic heterocycles. The molecule has 0 heterocycles. The van der Waals surface area contributed by atoms with E-state index in [1.165, 1.54) is 22.3 Å². The van der Waals surface area contributed by atoms with Crippen molar-refractivity contribution in [2.24, 2.45) is 0 Å². The Hall–Kier alpha value is -3.30. The van der Waals surface area contributed by atoms with Crippen LogP contribution in [-0.2, 0) is 0 Å². The normalized spacial score (nSPS) is 10.4. The van der Waals surface area contributed by atoms with Crippen molar-refractivity contribution in [3.05, 3.63) is 103 Å². The van der Waals surface area contributed by atoms with Gasteiger partial charge in [-0.25, -0.2) is 0 Å². The highest BCUT2D eigenvalue weighted by Crippen LogP contribution is 2.28. The summed E-state index contributed by atoms with van der Waals surface area (Å²) in [7, 11) is -0.308. The van der Waals surface area contributed by atoms with Crippen molar-refractivity contribution < 1.29 is 9.68 Å². The molecule has 4 rings (SSSR count). The summed E-state index contributed by atoms with van der Waals surface area (Å²) in [5.74, 6) is 0.663. The van der Waals surface area contributed by atoms with E-state index in [2.05, 4.69) is 72.8 Å². The highest BCUT2D eigenvalue weighted by atomic mass is 16.5. The standard InChI is InChI=1S/C24H19BO2/c26-25-27-24-16-14-23(15-17-24)22-12-10-21(11-13-22)20-8-6-19(7-9-20)18-4-2-1-3-5-18/h1-17,25-26H. The highest BCUT2D eigenvalue weighted by molar-refractivity contribution is 6.17. The summed E-state index contributed by atoms with van der Waals surface area (Å²) in [5, 5.41) is 8.80. The molecule has 0 atom stereocenters. The van der Waals surface area contributed by atoms with Crippen molar-refractivity contribution in [2.45, 2.75) is 0 Å². The molecule has 27 heavy (non-hydrogen) atoms. The van der Waals surface area contributed by atoms with Crippen LogP contribution in [0.1, 0.15) is 0 Å². The van der Waals surface area contributed by atoms with Gasteiger partial charge in [0.15, 0.2) is 0 Å². The zero-order valence-electron chi connectivity index (χ0n) is 14.9. The number of rotatable bonds is 5. The summed E-state index contributed by atoms with van der Waals surface area (Å²) in [6, 6.07) is 35.3. The minimum atomic E-state index is -0.308. The second kappa shape index (κ2) is 7.94. The van der Waals surface area contributed by atoms with Crippen LogP contribution in [0.2, 0.25) is 0 Å². The first kappa shape index (κ1) is 17.1. The molecule has 0 aliphatic carbocycles. The smallest absolute Gasteiger partial charge is 0.504 e. The summed E-state index contributed by atoms with van der Waals surface area (Å²) < 4.78 is 5.07. The Balaban J connectivity index is 1.53. The Bertz CT molecular complexity index is 993. The van der Waals surface area contributed by atoms with E-state index in [0.717, 1.165) is 11.1 Å². The lowest BCUT2D eigenvalue weighted by atomic mass is 9.98. The number of benzene rings is 4. The Labute approximate surface area is 160 Å². The lowest BCUT2D eigenvalue weighted by Crippen LogP contribution is -1.99. The van der Waals surface area contributed by atoms with Crippen molar-refractivity contribution in [1.82, 2.24) is 0 Å². The van der Waals surface area contributed by atoms with E-state index in [4.69, 9.17) is 9.68 Å². The molecule has 3 heteroatoms. The van der Waals surface area contributed by atoms with E-state index in [1.807, 2.05) is 30.3 Å². The average Bonchev–Trinajstić information content (AvgIpc) is 2.75. The summed E-state index contributed by atoms with van der Waals surface area (Å²) in [6.07, 6.45) is 0. The van der Waals surface area contributed by atoms with Gasteiger partial charge in [0.25, 0.3) is 0 Å². The molecule has 4 aromatic carbocycles. The van der Waals surface area contributed by atoms with E-state index < -0.39 is 0 Å². The minimum Gasteiger partial charge on any atom is -0.539 e. The van der Waals surface area contributed by atoms with Crippen LogP contribution in [0.25, 0.3) is 33.4 Å². The van der Waals surface area contributed by atoms with Crippen molar-refractivity contribution in [3.63, 3.8) is 0 Å². The predicted molar refractivity (Wildman–Crippen MR) is 113 cm³/mol. The van der Waals surface area contributed by atoms with Crippen LogP contribution in [0, 0.1) is 0 Å². The van der Waals surface area contributed by atoms with Gasteiger partial charge in [-0.3, -0.25) is 0 Å². The molecule has 0 aliphatic heterocycles. The largest absolute Gasteiger partial charge is 0.539 e. The van der Waals surface area contributed by atoms with Gasteiger partial charge in [0.2, 0.25) is 0 Å². The maximum absolute atomic E-state index is 8.80. The first-order valence-corrected chi connectivity index (χ1v) is 8.93. The molecule has 0 spiro atoms. The van der Waals surface area contributed by atoms with Crippen LogP contribution in [0.4, 0.5) is 0 Å². The predicted octanol–water partition coefficient (Wildman–Crippen LogP) is 5.33. The first-order valence-electron chi connectivity index (χ1n) is 8.93. The van der Waals surface area contributed by atoms with Crippen LogP contribution >= 0.6 is 0 Å². The van der Waals surface area contributed by atoms with Gasteiger partial charge in [0.05, 0.1) is 0 Å². The molecule has 0 saturated carbocycles. The Morgan fingerprint density at radius 1 is 0.444 bits per heavy atom. The average molecular weight is 350 g/mol. The SMILES string of the molecule is OBOc1ccc(-c2ccc(-c3ccc(-c4ccccc4)cc3)cc2)cc1. The Morgan fingerprint density at radius 3 is 1.15 bits per heavy atom. The molecule has 1 N–H and O–H groups in total. The van der Waals surface area contributed by atoms with Crippen LogP contribution in [0.15, 0.2) is 103 Å². The van der Waals surface area contributed by atoms with Crippen LogP contribution in [-0.4, -0.2) is 12.7 Å². The third kappa shape index (κ3) is 3.94. The summed E-state index contributed by atoms with van der Waals surface area (Å²) in [5.41, 5.74) is 7.11. The molecule has 0 aliphatic rings. The van der Waals surface area contributed by atoms with Gasteiger partial charge in [0, 0.05) is 0 Å². The van der Waals surface area contributed by atoms with Crippen LogP contribution in [0.5, 0.6) is 5.75 Å². The second-order valence-electron chi connectivity index (χ2n) is 6.32. The van der Waals surface area contributed by atoms with Gasteiger partial charge in [0.1, 0.15) is 5.75 Å². The van der Waals surface area contributed by atoms with Gasteiger partial charge in [-0.2, -0.15) is 0 Å². The van der Waals surface area contributed by atoms with E-state index in [1.54, 1.807) is 0 Å². The molecule has 0 amide bonds. The molecule has 0 fully saturated rings. The van der Waals surface area contributed by atoms with Crippen molar-refractivity contribution >= 4 is 7.69 Å². The molecule has 2 nitrogen and oxygen atoms in total. The van der Waals surface area contributed by atoms with Gasteiger partial charge in [-0.05, 0) is 45.5 Å². The summed E-state index contributed by atoms with van der Waals surface area (Å²) >= 11 is 0. The fourth-order valence-electron chi connectivity index (χ4n) is 3.16. The molecule has 0 unspecified atom stereocenters. The molecular weight excluding hydrogens is 331 g/mol. The third-order valence-electron chi connectivity index (χ3n) is 4.63. The quantitative estimate of drug-likeness (QED) is 0.493. The molecular formula is C24H19BO2. The zero-order chi connectivity index (χ0) is 18.5. The first-order chi connectivity index (χ1) is 13.3. The van der Waals surface area contributed by atoms with E-state index in [0.29, 0.717) is 5.75 Å². The minimum absolute atomic E-state index is 0.308. The van der Waals surface area contributed by atoms with Crippen LogP contribution < -0.4 is 4.65 Å². The van der Waals surface area contributed by atoms with Gasteiger partial charge < -0.3 is 9.68 Å². The molecule has 0 bridgehead atoms. The van der Waals surface area contributed by atoms with Crippen molar-refractivity contribution in [1.29, 1.82) is 0 Å². The van der Waals surface area contributed by atoms with E-state index in [9.17, 15) is 0 Å².